The van der Waals surface area contributed by atoms with Crippen molar-refractivity contribution in [3.8, 4) is 11.1 Å². The van der Waals surface area contributed by atoms with Gasteiger partial charge in [0, 0.05) is 11.8 Å². The maximum absolute atomic E-state index is 4.65. The van der Waals surface area contributed by atoms with E-state index >= 15 is 0 Å². The van der Waals surface area contributed by atoms with Gasteiger partial charge in [-0.3, -0.25) is 4.98 Å². The van der Waals surface area contributed by atoms with E-state index in [1.165, 1.54) is 27.8 Å². The summed E-state index contributed by atoms with van der Waals surface area (Å²) >= 11 is 0. The van der Waals surface area contributed by atoms with E-state index in [4.69, 9.17) is 0 Å². The third-order valence-electron chi connectivity index (χ3n) is 3.96. The average molecular weight is 269 g/mol. The smallest absolute Gasteiger partial charge is 0.0743 e. The van der Waals surface area contributed by atoms with Crippen molar-refractivity contribution in [1.82, 2.24) is 4.98 Å². The zero-order chi connectivity index (χ0) is 14.1. The highest BCUT2D eigenvalue weighted by molar-refractivity contribution is 5.86. The first-order chi connectivity index (χ1) is 10.4. The van der Waals surface area contributed by atoms with Crippen LogP contribution in [0.25, 0.3) is 22.8 Å². The van der Waals surface area contributed by atoms with Crippen molar-refractivity contribution >= 4 is 11.6 Å². The van der Waals surface area contributed by atoms with Crippen molar-refractivity contribution < 1.29 is 0 Å². The standard InChI is InChI=1S/C20H15N/c1-2-7-16(8-3-1)18-12-13-21-20-17-9-5-4-6-15(14-17)10-11-19(18)20/h1-13H,14H2. The summed E-state index contributed by atoms with van der Waals surface area (Å²) in [6, 6.07) is 12.6. The van der Waals surface area contributed by atoms with Crippen molar-refractivity contribution in [3.63, 3.8) is 0 Å². The van der Waals surface area contributed by atoms with Gasteiger partial charge in [0.25, 0.3) is 0 Å². The summed E-state index contributed by atoms with van der Waals surface area (Å²) in [5.74, 6) is 0. The van der Waals surface area contributed by atoms with E-state index in [0.29, 0.717) is 0 Å². The maximum Gasteiger partial charge on any atom is 0.0743 e. The Hall–Kier alpha value is -2.67. The highest BCUT2D eigenvalue weighted by Crippen LogP contribution is 2.35. The monoisotopic (exact) mass is 269 g/mol. The maximum atomic E-state index is 4.65. The minimum absolute atomic E-state index is 0.946. The highest BCUT2D eigenvalue weighted by atomic mass is 14.7. The first-order valence-corrected chi connectivity index (χ1v) is 7.21. The van der Waals surface area contributed by atoms with E-state index in [1.54, 1.807) is 0 Å². The molecule has 0 radical (unpaired) electrons. The molecular formula is C20H15N. The SMILES string of the molecule is C1=CC=C2CC(=C1)C=Cc1c(-c3ccccc3)ccnc12. The number of aromatic nitrogens is 1. The lowest BCUT2D eigenvalue weighted by Gasteiger charge is -2.11. The summed E-state index contributed by atoms with van der Waals surface area (Å²) in [6.45, 7) is 0. The van der Waals surface area contributed by atoms with Crippen LogP contribution in [0.4, 0.5) is 0 Å². The van der Waals surface area contributed by atoms with Crippen molar-refractivity contribution in [1.29, 1.82) is 0 Å². The zero-order valence-electron chi connectivity index (χ0n) is 11.7. The minimum atomic E-state index is 0.946. The Morgan fingerprint density at radius 3 is 2.62 bits per heavy atom. The van der Waals surface area contributed by atoms with Gasteiger partial charge in [0.2, 0.25) is 0 Å². The summed E-state index contributed by atoms with van der Waals surface area (Å²) in [6.07, 6.45) is 15.8. The van der Waals surface area contributed by atoms with E-state index in [2.05, 4.69) is 77.8 Å². The molecule has 0 saturated heterocycles. The molecule has 0 saturated carbocycles. The molecule has 1 aromatic carbocycles. The number of hydrogen-bond donors (Lipinski definition) is 0. The Labute approximate surface area is 124 Å². The Bertz CT molecular complexity index is 805. The normalized spacial score (nSPS) is 15.6. The van der Waals surface area contributed by atoms with Crippen LogP contribution in [0, 0.1) is 0 Å². The van der Waals surface area contributed by atoms with Crippen molar-refractivity contribution in [2.45, 2.75) is 6.42 Å². The second-order valence-corrected chi connectivity index (χ2v) is 5.32. The molecular weight excluding hydrogens is 254 g/mol. The fourth-order valence-corrected chi connectivity index (χ4v) is 2.92. The van der Waals surface area contributed by atoms with Gasteiger partial charge in [0.15, 0.2) is 0 Å². The summed E-state index contributed by atoms with van der Waals surface area (Å²) in [4.78, 5) is 4.65. The van der Waals surface area contributed by atoms with E-state index in [9.17, 15) is 0 Å². The number of pyridine rings is 1. The van der Waals surface area contributed by atoms with Gasteiger partial charge in [-0.25, -0.2) is 0 Å². The minimum Gasteiger partial charge on any atom is -0.256 e. The van der Waals surface area contributed by atoms with Gasteiger partial charge in [-0.15, -0.1) is 0 Å². The topological polar surface area (TPSA) is 12.9 Å². The third kappa shape index (κ3) is 2.17. The molecule has 1 heteroatoms. The molecule has 0 spiro atoms. The summed E-state index contributed by atoms with van der Waals surface area (Å²) in [5.41, 5.74) is 7.41. The van der Waals surface area contributed by atoms with E-state index in [0.717, 1.165) is 12.1 Å². The Morgan fingerprint density at radius 1 is 0.857 bits per heavy atom. The highest BCUT2D eigenvalue weighted by Gasteiger charge is 2.16. The fraction of sp³-hybridized carbons (Fsp3) is 0.0500. The lowest BCUT2D eigenvalue weighted by atomic mass is 9.96. The zero-order valence-corrected chi connectivity index (χ0v) is 11.7. The molecule has 1 aromatic heterocycles. The summed E-state index contributed by atoms with van der Waals surface area (Å²) in [5, 5.41) is 0. The van der Waals surface area contributed by atoms with Gasteiger partial charge >= 0.3 is 0 Å². The van der Waals surface area contributed by atoms with Crippen LogP contribution in [0.1, 0.15) is 17.7 Å². The third-order valence-corrected chi connectivity index (χ3v) is 3.96. The first-order valence-electron chi connectivity index (χ1n) is 7.21. The molecule has 0 unspecified atom stereocenters. The molecule has 21 heavy (non-hydrogen) atoms. The second-order valence-electron chi connectivity index (χ2n) is 5.32. The van der Waals surface area contributed by atoms with E-state index < -0.39 is 0 Å². The van der Waals surface area contributed by atoms with Gasteiger partial charge in [-0.05, 0) is 34.8 Å². The van der Waals surface area contributed by atoms with Crippen LogP contribution in [-0.2, 0) is 0 Å². The quantitative estimate of drug-likeness (QED) is 0.706. The molecule has 0 aliphatic heterocycles. The van der Waals surface area contributed by atoms with Crippen LogP contribution in [0.5, 0.6) is 0 Å². The number of rotatable bonds is 1. The van der Waals surface area contributed by atoms with E-state index in [1.807, 2.05) is 6.20 Å². The molecule has 0 fully saturated rings. The predicted molar refractivity (Wildman–Crippen MR) is 88.5 cm³/mol. The van der Waals surface area contributed by atoms with Crippen molar-refractivity contribution in [3.05, 3.63) is 89.8 Å². The lowest BCUT2D eigenvalue weighted by molar-refractivity contribution is 1.22. The second kappa shape index (κ2) is 5.02. The van der Waals surface area contributed by atoms with Crippen LogP contribution in [-0.4, -0.2) is 4.98 Å². The molecule has 0 atom stereocenters. The Kier molecular flexibility index (Phi) is 2.89. The Balaban J connectivity index is 1.97. The number of allylic oxidation sites excluding steroid dienone is 7. The van der Waals surface area contributed by atoms with Gasteiger partial charge in [-0.1, -0.05) is 66.8 Å². The molecule has 2 bridgehead atoms. The Morgan fingerprint density at radius 2 is 1.71 bits per heavy atom. The summed E-state index contributed by atoms with van der Waals surface area (Å²) < 4.78 is 0. The van der Waals surface area contributed by atoms with Crippen LogP contribution in [0.2, 0.25) is 0 Å². The van der Waals surface area contributed by atoms with E-state index in [-0.39, 0.29) is 0 Å². The van der Waals surface area contributed by atoms with Crippen LogP contribution in [0.15, 0.2) is 78.5 Å². The van der Waals surface area contributed by atoms with Gasteiger partial charge in [-0.2, -0.15) is 0 Å². The van der Waals surface area contributed by atoms with Crippen LogP contribution in [0.3, 0.4) is 0 Å². The molecule has 2 aromatic rings. The molecule has 2 aliphatic rings. The predicted octanol–water partition coefficient (Wildman–Crippen LogP) is 5.05. The van der Waals surface area contributed by atoms with Crippen LogP contribution < -0.4 is 0 Å². The largest absolute Gasteiger partial charge is 0.256 e. The number of benzene rings is 1. The summed E-state index contributed by atoms with van der Waals surface area (Å²) in [7, 11) is 0. The molecule has 4 rings (SSSR count). The van der Waals surface area contributed by atoms with Crippen LogP contribution >= 0.6 is 0 Å². The van der Waals surface area contributed by atoms with Crippen molar-refractivity contribution in [2.24, 2.45) is 0 Å². The molecule has 0 N–H and O–H groups in total. The fourth-order valence-electron chi connectivity index (χ4n) is 2.92. The molecule has 100 valence electrons. The molecule has 1 nitrogen and oxygen atoms in total. The number of nitrogens with zero attached hydrogens (tertiary/aromatic N) is 1. The molecule has 1 heterocycles. The van der Waals surface area contributed by atoms with Gasteiger partial charge in [0.05, 0.1) is 5.69 Å². The van der Waals surface area contributed by atoms with Crippen molar-refractivity contribution in [2.75, 3.05) is 0 Å². The lowest BCUT2D eigenvalue weighted by Crippen LogP contribution is -1.95. The molecule has 2 aliphatic carbocycles. The number of hydrogen-bond acceptors (Lipinski definition) is 1. The average Bonchev–Trinajstić information content (AvgIpc) is 2.89. The van der Waals surface area contributed by atoms with Gasteiger partial charge < -0.3 is 0 Å². The van der Waals surface area contributed by atoms with Gasteiger partial charge in [0.1, 0.15) is 0 Å². The first kappa shape index (κ1) is 12.1. The number of fused-ring (bicyclic) bond motifs is 4. The molecule has 0 amide bonds.